The van der Waals surface area contributed by atoms with E-state index < -0.39 is 0 Å². The minimum absolute atomic E-state index is 0.244. The maximum atomic E-state index is 13.6. The number of fused-ring (bicyclic) bond motifs is 2. The fraction of sp³-hybridized carbons (Fsp3) is 0.261. The summed E-state index contributed by atoms with van der Waals surface area (Å²) in [5.41, 5.74) is 9.79. The van der Waals surface area contributed by atoms with Crippen LogP contribution in [0.5, 0.6) is 0 Å². The highest BCUT2D eigenvalue weighted by Crippen LogP contribution is 2.34. The molecule has 1 fully saturated rings. The molecule has 162 valence electrons. The molecule has 0 bridgehead atoms. The molecular formula is C23H22FN7O. The summed E-state index contributed by atoms with van der Waals surface area (Å²) in [7, 11) is 0. The third-order valence-electron chi connectivity index (χ3n) is 6.05. The Hall–Kier alpha value is -3.56. The molecule has 6 rings (SSSR count). The molecule has 32 heavy (non-hydrogen) atoms. The van der Waals surface area contributed by atoms with Gasteiger partial charge in [-0.1, -0.05) is 6.08 Å². The number of nitrogens with two attached hydrogens (primary N) is 1. The Labute approximate surface area is 183 Å². The van der Waals surface area contributed by atoms with Crippen molar-refractivity contribution < 1.29 is 9.13 Å². The first kappa shape index (κ1) is 19.1. The van der Waals surface area contributed by atoms with Gasteiger partial charge in [0, 0.05) is 31.2 Å². The minimum Gasteiger partial charge on any atom is -0.382 e. The van der Waals surface area contributed by atoms with Crippen LogP contribution >= 0.6 is 0 Å². The smallest absolute Gasteiger partial charge is 0.156 e. The van der Waals surface area contributed by atoms with Gasteiger partial charge in [0.15, 0.2) is 5.65 Å². The molecule has 5 heterocycles. The van der Waals surface area contributed by atoms with Gasteiger partial charge >= 0.3 is 0 Å². The predicted molar refractivity (Wildman–Crippen MR) is 119 cm³/mol. The lowest BCUT2D eigenvalue weighted by molar-refractivity contribution is 0.0224. The first-order valence-corrected chi connectivity index (χ1v) is 10.6. The fourth-order valence-corrected chi connectivity index (χ4v) is 4.47. The number of nitrogen functional groups attached to an aromatic ring is 1. The Balaban J connectivity index is 1.49. The normalized spacial score (nSPS) is 18.8. The van der Waals surface area contributed by atoms with E-state index >= 15 is 0 Å². The van der Waals surface area contributed by atoms with Crippen molar-refractivity contribution in [2.75, 3.05) is 32.0 Å². The quantitative estimate of drug-likeness (QED) is 0.537. The number of hydrogen-bond donors (Lipinski definition) is 1. The summed E-state index contributed by atoms with van der Waals surface area (Å²) < 4.78 is 23.0. The van der Waals surface area contributed by atoms with E-state index in [2.05, 4.69) is 26.6 Å². The van der Waals surface area contributed by atoms with E-state index in [9.17, 15) is 4.39 Å². The van der Waals surface area contributed by atoms with Gasteiger partial charge in [0.05, 0.1) is 30.8 Å². The highest BCUT2D eigenvalue weighted by molar-refractivity contribution is 5.79. The molecular weight excluding hydrogens is 409 g/mol. The summed E-state index contributed by atoms with van der Waals surface area (Å²) in [5.74, 6) is 0.995. The predicted octanol–water partition coefficient (Wildman–Crippen LogP) is 2.71. The van der Waals surface area contributed by atoms with Crippen LogP contribution in [0, 0.1) is 5.82 Å². The third-order valence-corrected chi connectivity index (χ3v) is 6.05. The second-order valence-electron chi connectivity index (χ2n) is 8.05. The van der Waals surface area contributed by atoms with Gasteiger partial charge in [-0.3, -0.25) is 4.90 Å². The second kappa shape index (κ2) is 7.54. The first-order valence-electron chi connectivity index (χ1n) is 10.6. The number of ether oxygens (including phenoxy) is 1. The van der Waals surface area contributed by atoms with E-state index in [1.165, 1.54) is 12.1 Å². The highest BCUT2D eigenvalue weighted by atomic mass is 19.1. The van der Waals surface area contributed by atoms with Crippen molar-refractivity contribution in [3.8, 4) is 22.6 Å². The molecule has 0 saturated carbocycles. The third kappa shape index (κ3) is 3.26. The van der Waals surface area contributed by atoms with Gasteiger partial charge < -0.3 is 15.0 Å². The van der Waals surface area contributed by atoms with Crippen LogP contribution in [-0.2, 0) is 11.3 Å². The lowest BCUT2D eigenvalue weighted by Crippen LogP contribution is -2.45. The van der Waals surface area contributed by atoms with Crippen LogP contribution in [-0.4, -0.2) is 61.4 Å². The minimum atomic E-state index is -0.278. The standard InChI is InChI=1S/C23H22FN7O/c24-16-3-1-15(2-4-16)22-23(18-6-8-21-26-19(25)14-31(21)28-18)30-13-17(5-7-20(30)27-22)29-9-11-32-12-10-29/h1-8,14,17H,9-13,25H2. The summed E-state index contributed by atoms with van der Waals surface area (Å²) in [6.45, 7) is 4.04. The molecule has 1 aromatic carbocycles. The van der Waals surface area contributed by atoms with Crippen molar-refractivity contribution in [3.05, 3.63) is 60.3 Å². The lowest BCUT2D eigenvalue weighted by Gasteiger charge is -2.34. The molecule has 1 saturated heterocycles. The number of hydrogen-bond acceptors (Lipinski definition) is 6. The summed E-state index contributed by atoms with van der Waals surface area (Å²) in [4.78, 5) is 11.6. The molecule has 2 N–H and O–H groups in total. The number of aromatic nitrogens is 5. The Morgan fingerprint density at radius 2 is 1.84 bits per heavy atom. The van der Waals surface area contributed by atoms with Gasteiger partial charge in [-0.15, -0.1) is 0 Å². The number of rotatable bonds is 3. The van der Waals surface area contributed by atoms with Crippen molar-refractivity contribution in [1.82, 2.24) is 29.0 Å². The number of benzene rings is 1. The highest BCUT2D eigenvalue weighted by Gasteiger charge is 2.28. The van der Waals surface area contributed by atoms with E-state index in [0.717, 1.165) is 61.3 Å². The molecule has 3 aromatic heterocycles. The van der Waals surface area contributed by atoms with Crippen LogP contribution in [0.25, 0.3) is 34.4 Å². The summed E-state index contributed by atoms with van der Waals surface area (Å²) in [5, 5.41) is 4.77. The van der Waals surface area contributed by atoms with Crippen molar-refractivity contribution >= 4 is 17.5 Å². The van der Waals surface area contributed by atoms with E-state index in [-0.39, 0.29) is 11.9 Å². The Morgan fingerprint density at radius 3 is 2.66 bits per heavy atom. The van der Waals surface area contributed by atoms with Crippen LogP contribution in [0.2, 0.25) is 0 Å². The summed E-state index contributed by atoms with van der Waals surface area (Å²) >= 11 is 0. The Morgan fingerprint density at radius 1 is 1.03 bits per heavy atom. The summed E-state index contributed by atoms with van der Waals surface area (Å²) in [6, 6.07) is 10.5. The van der Waals surface area contributed by atoms with Gasteiger partial charge in [0.25, 0.3) is 0 Å². The van der Waals surface area contributed by atoms with Gasteiger partial charge in [0.1, 0.15) is 23.2 Å². The zero-order valence-corrected chi connectivity index (χ0v) is 17.4. The zero-order valence-electron chi connectivity index (χ0n) is 17.4. The molecule has 1 unspecified atom stereocenters. The number of nitrogens with zero attached hydrogens (tertiary/aromatic N) is 6. The molecule has 9 heteroatoms. The van der Waals surface area contributed by atoms with Gasteiger partial charge in [-0.25, -0.2) is 18.9 Å². The van der Waals surface area contributed by atoms with Gasteiger partial charge in [0.2, 0.25) is 0 Å². The molecule has 0 radical (unpaired) electrons. The maximum Gasteiger partial charge on any atom is 0.156 e. The van der Waals surface area contributed by atoms with E-state index in [0.29, 0.717) is 11.5 Å². The lowest BCUT2D eigenvalue weighted by atomic mass is 10.1. The second-order valence-corrected chi connectivity index (χ2v) is 8.05. The number of morpholine rings is 1. The van der Waals surface area contributed by atoms with Gasteiger partial charge in [-0.05, 0) is 42.5 Å². The average Bonchev–Trinajstić information content (AvgIpc) is 3.38. The molecule has 4 aromatic rings. The molecule has 2 aliphatic rings. The topological polar surface area (TPSA) is 86.5 Å². The van der Waals surface area contributed by atoms with Crippen molar-refractivity contribution in [2.45, 2.75) is 12.6 Å². The van der Waals surface area contributed by atoms with E-state index in [1.54, 1.807) is 22.8 Å². The molecule has 0 spiro atoms. The molecule has 0 aliphatic carbocycles. The Bertz CT molecular complexity index is 1320. The molecule has 1 atom stereocenters. The van der Waals surface area contributed by atoms with Crippen LogP contribution in [0.4, 0.5) is 10.2 Å². The number of halogens is 1. The number of imidazole rings is 2. The van der Waals surface area contributed by atoms with Crippen LogP contribution in [0.15, 0.2) is 48.7 Å². The largest absolute Gasteiger partial charge is 0.382 e. The molecule has 2 aliphatic heterocycles. The molecule has 0 amide bonds. The number of anilines is 1. The van der Waals surface area contributed by atoms with Gasteiger partial charge in [-0.2, -0.15) is 5.10 Å². The molecule has 8 nitrogen and oxygen atoms in total. The average molecular weight is 431 g/mol. The zero-order chi connectivity index (χ0) is 21.7. The van der Waals surface area contributed by atoms with Crippen LogP contribution < -0.4 is 5.73 Å². The Kier molecular flexibility index (Phi) is 4.51. The summed E-state index contributed by atoms with van der Waals surface area (Å²) in [6.07, 6.45) is 5.97. The van der Waals surface area contributed by atoms with E-state index in [1.807, 2.05) is 12.1 Å². The van der Waals surface area contributed by atoms with Crippen LogP contribution in [0.1, 0.15) is 5.82 Å². The maximum absolute atomic E-state index is 13.6. The van der Waals surface area contributed by atoms with E-state index in [4.69, 9.17) is 20.6 Å². The van der Waals surface area contributed by atoms with Crippen molar-refractivity contribution in [1.29, 1.82) is 0 Å². The fourth-order valence-electron chi connectivity index (χ4n) is 4.47. The monoisotopic (exact) mass is 431 g/mol. The van der Waals surface area contributed by atoms with Crippen LogP contribution in [0.3, 0.4) is 0 Å². The van der Waals surface area contributed by atoms with Crippen molar-refractivity contribution in [2.24, 2.45) is 0 Å². The first-order chi connectivity index (χ1) is 15.7. The SMILES string of the molecule is Nc1cn2nc(-c3c(-c4ccc(F)cc4)nc4n3CC(N3CCOCC3)C=C4)ccc2n1. The van der Waals surface area contributed by atoms with Crippen molar-refractivity contribution in [3.63, 3.8) is 0 Å².